The summed E-state index contributed by atoms with van der Waals surface area (Å²) >= 11 is 10.3. The van der Waals surface area contributed by atoms with Gasteiger partial charge in [0.2, 0.25) is 29.7 Å². The first-order valence-electron chi connectivity index (χ1n) is 14.8. The van der Waals surface area contributed by atoms with E-state index in [9.17, 15) is 51.6 Å². The number of carboxylic acids is 1. The second kappa shape index (κ2) is 18.1. The molecule has 0 radical (unpaired) electrons. The maximum Gasteiger partial charge on any atom is 0.397 e. The molecule has 282 valence electrons. The second-order valence-corrected chi connectivity index (χ2v) is 12.9. The number of amides is 4. The van der Waals surface area contributed by atoms with Crippen molar-refractivity contribution in [3.63, 3.8) is 0 Å². The first-order valence-corrected chi connectivity index (χ1v) is 17.0. The summed E-state index contributed by atoms with van der Waals surface area (Å²) in [7, 11) is -5.17. The Labute approximate surface area is 300 Å². The molecule has 2 aliphatic rings. The monoisotopic (exact) mass is 780 g/mol. The molecule has 0 saturated carbocycles. The van der Waals surface area contributed by atoms with Crippen LogP contribution in [0.3, 0.4) is 0 Å². The van der Waals surface area contributed by atoms with Crippen LogP contribution in [0.15, 0.2) is 9.98 Å². The van der Waals surface area contributed by atoms with Gasteiger partial charge in [-0.2, -0.15) is 8.42 Å². The molecule has 0 spiro atoms. The van der Waals surface area contributed by atoms with Gasteiger partial charge in [0.1, 0.15) is 46.3 Å². The van der Waals surface area contributed by atoms with Crippen molar-refractivity contribution < 1.29 is 65.7 Å². The quantitative estimate of drug-likeness (QED) is 0.0360. The van der Waals surface area contributed by atoms with Crippen molar-refractivity contribution in [2.75, 3.05) is 6.61 Å². The van der Waals surface area contributed by atoms with Crippen molar-refractivity contribution in [1.82, 2.24) is 31.9 Å². The third kappa shape index (κ3) is 12.0. The molecule has 22 nitrogen and oxygen atoms in total. The number of nitrogens with one attached hydrogen (secondary N) is 6. The molecule has 0 aromatic heterocycles. The Kier molecular flexibility index (Phi) is 15.1. The fourth-order valence-electron chi connectivity index (χ4n) is 4.05. The number of aliphatic carboxylic acids is 1. The molecular formula is C26H36N8O14S3. The van der Waals surface area contributed by atoms with Crippen LogP contribution in [0.25, 0.3) is 0 Å². The van der Waals surface area contributed by atoms with Gasteiger partial charge in [-0.15, -0.1) is 0 Å². The summed E-state index contributed by atoms with van der Waals surface area (Å²) in [6.45, 7) is 5.34. The van der Waals surface area contributed by atoms with E-state index in [1.165, 1.54) is 20.8 Å². The number of cyclic esters (lactones) is 1. The van der Waals surface area contributed by atoms with Gasteiger partial charge in [0.15, 0.2) is 17.7 Å². The third-order valence-corrected chi connectivity index (χ3v) is 8.10. The molecule has 2 aliphatic heterocycles. The van der Waals surface area contributed by atoms with Crippen molar-refractivity contribution in [2.45, 2.75) is 89.4 Å². The number of ketones is 1. The molecule has 0 aromatic carbocycles. The van der Waals surface area contributed by atoms with Crippen molar-refractivity contribution in [2.24, 2.45) is 9.98 Å². The number of aliphatic hydroxyl groups excluding tert-OH is 1. The van der Waals surface area contributed by atoms with Gasteiger partial charge in [-0.1, -0.05) is 31.4 Å². The summed E-state index contributed by atoms with van der Waals surface area (Å²) in [5, 5.41) is 32.8. The number of ether oxygens (including phenoxy) is 1. The minimum atomic E-state index is -5.17. The van der Waals surface area contributed by atoms with Gasteiger partial charge in [0.05, 0.1) is 6.61 Å². The van der Waals surface area contributed by atoms with Crippen LogP contribution in [0.5, 0.6) is 0 Å². The van der Waals surface area contributed by atoms with Gasteiger partial charge in [-0.25, -0.2) is 19.0 Å². The molecule has 0 aliphatic carbocycles. The fourth-order valence-corrected chi connectivity index (χ4v) is 5.21. The van der Waals surface area contributed by atoms with E-state index in [1.807, 2.05) is 0 Å². The van der Waals surface area contributed by atoms with E-state index in [2.05, 4.69) is 46.1 Å². The van der Waals surface area contributed by atoms with Crippen LogP contribution in [-0.2, 0) is 52.9 Å². The highest BCUT2D eigenvalue weighted by Gasteiger charge is 2.42. The number of amidine groups is 1. The Balaban J connectivity index is 2.19. The number of rotatable bonds is 18. The van der Waals surface area contributed by atoms with E-state index in [0.29, 0.717) is 0 Å². The van der Waals surface area contributed by atoms with E-state index >= 15 is 0 Å². The van der Waals surface area contributed by atoms with Crippen LogP contribution in [0.4, 0.5) is 0 Å². The Bertz CT molecular complexity index is 1650. The van der Waals surface area contributed by atoms with Crippen molar-refractivity contribution in [3.05, 3.63) is 0 Å². The maximum absolute atomic E-state index is 13.2. The standard InChI is InChI=1S/C26H36N8O14S3/c1-6-13(36)17-31-15(21(40)34-17)23(49)28-9(3)19(38)30-12(7-35)20(39)32-14(11(5)48-51(44,45)46)22-33-16(26(43)47-22)24(50)29-8(2)18(37)27-10(4)25(41)42/h8-12,14-16,35H,6-7H2,1-5H3,(H,27,37)(H,28,49)(H,29,50)(H,30,38)(H,32,39)(H,41,42)(H,31,34,40)(H,44,45,46). The number of Topliss-reactive ketones (excluding diaryl/α,β-unsaturated/α-hetero) is 1. The van der Waals surface area contributed by atoms with Crippen LogP contribution in [-0.4, -0.2) is 141 Å². The Hall–Kier alpha value is -4.56. The summed E-state index contributed by atoms with van der Waals surface area (Å²) in [5.74, 6) is -7.43. The van der Waals surface area contributed by atoms with Gasteiger partial charge in [-0.05, 0) is 27.7 Å². The first kappa shape index (κ1) is 42.6. The van der Waals surface area contributed by atoms with Gasteiger partial charge in [0.25, 0.3) is 5.91 Å². The summed E-state index contributed by atoms with van der Waals surface area (Å²) in [4.78, 5) is 93.5. The van der Waals surface area contributed by atoms with Crippen LogP contribution in [0, 0.1) is 0 Å². The van der Waals surface area contributed by atoms with Crippen LogP contribution in [0.2, 0.25) is 0 Å². The predicted octanol–water partition coefficient (Wildman–Crippen LogP) is -4.44. The van der Waals surface area contributed by atoms with E-state index in [4.69, 9.17) is 34.3 Å². The third-order valence-electron chi connectivity index (χ3n) is 6.87. The lowest BCUT2D eigenvalue weighted by atomic mass is 10.1. The van der Waals surface area contributed by atoms with Crippen molar-refractivity contribution in [3.8, 4) is 0 Å². The van der Waals surface area contributed by atoms with E-state index in [1.54, 1.807) is 6.92 Å². The summed E-state index contributed by atoms with van der Waals surface area (Å²) in [6.07, 6.45) is -1.68. The molecule has 2 heterocycles. The number of hydrogen-bond acceptors (Lipinski definition) is 16. The molecule has 4 amide bonds. The topological polar surface area (TPSA) is 330 Å². The molecule has 0 fully saturated rings. The number of thiocarbonyl (C=S) groups is 2. The molecule has 0 aromatic rings. The first-order chi connectivity index (χ1) is 23.6. The molecule has 9 N–H and O–H groups in total. The number of carbonyl (C=O) groups excluding carboxylic acids is 6. The minimum Gasteiger partial charge on any atom is -0.480 e. The van der Waals surface area contributed by atoms with Crippen LogP contribution in [0.1, 0.15) is 41.0 Å². The molecule has 2 rings (SSSR count). The number of hydrogen-bond donors (Lipinski definition) is 9. The highest BCUT2D eigenvalue weighted by Crippen LogP contribution is 2.16. The van der Waals surface area contributed by atoms with Crippen molar-refractivity contribution >= 4 is 97.9 Å². The molecule has 0 saturated heterocycles. The smallest absolute Gasteiger partial charge is 0.397 e. The number of aliphatic hydroxyl groups is 1. The van der Waals surface area contributed by atoms with Gasteiger partial charge < -0.3 is 46.9 Å². The SMILES string of the molecule is CCC(=O)C1=NC(C(=S)NC(C)C(=O)NC(CO)C(=O)NC(C2=NC(C(=S)NC(C)C(=O)NC(C)C(=O)O)C(=O)O2)C(C)OS(=O)(=O)O)C(=O)N1. The average molecular weight is 781 g/mol. The van der Waals surface area contributed by atoms with E-state index in [-0.39, 0.29) is 22.2 Å². The zero-order valence-electron chi connectivity index (χ0n) is 27.5. The lowest BCUT2D eigenvalue weighted by Gasteiger charge is -2.26. The van der Waals surface area contributed by atoms with Crippen LogP contribution >= 0.6 is 24.4 Å². The highest BCUT2D eigenvalue weighted by atomic mass is 32.3. The molecule has 25 heteroatoms. The van der Waals surface area contributed by atoms with E-state index < -0.39 is 113 Å². The predicted molar refractivity (Wildman–Crippen MR) is 181 cm³/mol. The second-order valence-electron chi connectivity index (χ2n) is 10.9. The van der Waals surface area contributed by atoms with Crippen molar-refractivity contribution in [1.29, 1.82) is 0 Å². The Morgan fingerprint density at radius 1 is 0.882 bits per heavy atom. The molecule has 51 heavy (non-hydrogen) atoms. The normalized spacial score (nSPS) is 20.5. The fraction of sp³-hybridized carbons (Fsp3) is 0.577. The summed E-state index contributed by atoms with van der Waals surface area (Å²) in [6, 6.07) is -10.2. The zero-order valence-corrected chi connectivity index (χ0v) is 29.9. The van der Waals surface area contributed by atoms with Gasteiger partial charge >= 0.3 is 22.3 Å². The number of nitrogens with zero attached hydrogens (tertiary/aromatic N) is 2. The number of carboxylic acid groups (broad SMARTS) is 1. The van der Waals surface area contributed by atoms with Crippen LogP contribution < -0.4 is 31.9 Å². The van der Waals surface area contributed by atoms with Gasteiger partial charge in [0, 0.05) is 6.42 Å². The Morgan fingerprint density at radius 3 is 1.94 bits per heavy atom. The maximum atomic E-state index is 13.2. The Morgan fingerprint density at radius 2 is 1.43 bits per heavy atom. The van der Waals surface area contributed by atoms with Gasteiger partial charge in [-0.3, -0.25) is 33.3 Å². The molecular weight excluding hydrogens is 745 g/mol. The minimum absolute atomic E-state index is 0.0639. The zero-order chi connectivity index (χ0) is 39.0. The number of carbonyl (C=O) groups is 7. The average Bonchev–Trinajstić information content (AvgIpc) is 3.62. The number of aliphatic imine (C=N–C) groups is 2. The lowest BCUT2D eigenvalue weighted by molar-refractivity contribution is -0.141. The lowest BCUT2D eigenvalue weighted by Crippen LogP contribution is -2.58. The largest absolute Gasteiger partial charge is 0.480 e. The summed E-state index contributed by atoms with van der Waals surface area (Å²) in [5.41, 5.74) is 0. The molecule has 8 unspecified atom stereocenters. The summed E-state index contributed by atoms with van der Waals surface area (Å²) < 4.78 is 41.8. The molecule has 8 atom stereocenters. The highest BCUT2D eigenvalue weighted by molar-refractivity contribution is 7.81. The number of esters is 1. The molecule has 0 bridgehead atoms. The van der Waals surface area contributed by atoms with E-state index in [0.717, 1.165) is 6.92 Å².